The summed E-state index contributed by atoms with van der Waals surface area (Å²) in [6.07, 6.45) is 2.25. The number of hydrogen-bond donors (Lipinski definition) is 2. The third-order valence-electron chi connectivity index (χ3n) is 5.25. The smallest absolute Gasteiger partial charge is 0.241 e. The Morgan fingerprint density at radius 1 is 1.00 bits per heavy atom. The zero-order valence-corrected chi connectivity index (χ0v) is 15.1. The van der Waals surface area contributed by atoms with Crippen LogP contribution >= 0.6 is 0 Å². The maximum Gasteiger partial charge on any atom is 0.241 e. The van der Waals surface area contributed by atoms with Crippen LogP contribution in [-0.4, -0.2) is 60.3 Å². The molecule has 0 bridgehead atoms. The van der Waals surface area contributed by atoms with Crippen molar-refractivity contribution in [1.29, 1.82) is 0 Å². The molecule has 1 aromatic heterocycles. The van der Waals surface area contributed by atoms with Crippen molar-refractivity contribution in [2.75, 3.05) is 32.7 Å². The zero-order valence-electron chi connectivity index (χ0n) is 15.1. The molecule has 0 spiro atoms. The minimum Gasteiger partial charge on any atom is -0.461 e. The van der Waals surface area contributed by atoms with Gasteiger partial charge in [-0.05, 0) is 24.1 Å². The second-order valence-corrected chi connectivity index (χ2v) is 7.04. The lowest BCUT2D eigenvalue weighted by Gasteiger charge is -2.35. The lowest BCUT2D eigenvalue weighted by molar-refractivity contribution is -0.134. The molecule has 1 amide bonds. The SMILES string of the molecule is O=C(CN1CCN(C(=O)C2CC(c3ccccc3)NN2)CC1)c1ccco1. The molecule has 2 unspecified atom stereocenters. The first-order valence-electron chi connectivity index (χ1n) is 9.34. The van der Waals surface area contributed by atoms with E-state index in [1.807, 2.05) is 23.1 Å². The number of nitrogens with one attached hydrogen (secondary N) is 2. The van der Waals surface area contributed by atoms with E-state index in [-0.39, 0.29) is 23.8 Å². The minimum atomic E-state index is -0.216. The molecule has 7 heteroatoms. The highest BCUT2D eigenvalue weighted by Gasteiger charge is 2.34. The summed E-state index contributed by atoms with van der Waals surface area (Å²) in [4.78, 5) is 28.9. The van der Waals surface area contributed by atoms with Gasteiger partial charge in [-0.2, -0.15) is 0 Å². The predicted molar refractivity (Wildman–Crippen MR) is 99.9 cm³/mol. The van der Waals surface area contributed by atoms with Crippen LogP contribution in [0.15, 0.2) is 53.1 Å². The molecular weight excluding hydrogens is 344 g/mol. The maximum absolute atomic E-state index is 12.8. The minimum absolute atomic E-state index is 0.0212. The number of amides is 1. The van der Waals surface area contributed by atoms with Crippen LogP contribution in [0.5, 0.6) is 0 Å². The first-order valence-corrected chi connectivity index (χ1v) is 9.34. The summed E-state index contributed by atoms with van der Waals surface area (Å²) >= 11 is 0. The van der Waals surface area contributed by atoms with Gasteiger partial charge in [-0.3, -0.25) is 14.5 Å². The summed E-state index contributed by atoms with van der Waals surface area (Å²) in [6, 6.07) is 13.5. The van der Waals surface area contributed by atoms with Crippen LogP contribution in [0.1, 0.15) is 28.6 Å². The number of hydrogen-bond acceptors (Lipinski definition) is 6. The Kier molecular flexibility index (Phi) is 5.33. The second-order valence-electron chi connectivity index (χ2n) is 7.04. The molecule has 3 heterocycles. The first-order chi connectivity index (χ1) is 13.2. The molecule has 2 N–H and O–H groups in total. The van der Waals surface area contributed by atoms with Gasteiger partial charge in [-0.25, -0.2) is 10.9 Å². The van der Waals surface area contributed by atoms with Gasteiger partial charge in [0, 0.05) is 32.2 Å². The number of hydrazine groups is 1. The molecule has 7 nitrogen and oxygen atoms in total. The number of carbonyl (C=O) groups excluding carboxylic acids is 2. The van der Waals surface area contributed by atoms with Crippen molar-refractivity contribution in [1.82, 2.24) is 20.7 Å². The summed E-state index contributed by atoms with van der Waals surface area (Å²) in [5.74, 6) is 0.492. The molecule has 142 valence electrons. The molecule has 0 aliphatic carbocycles. The highest BCUT2D eigenvalue weighted by atomic mass is 16.3. The van der Waals surface area contributed by atoms with Gasteiger partial charge in [-0.1, -0.05) is 30.3 Å². The van der Waals surface area contributed by atoms with Crippen molar-refractivity contribution in [2.24, 2.45) is 0 Å². The average Bonchev–Trinajstić information content (AvgIpc) is 3.41. The van der Waals surface area contributed by atoms with Gasteiger partial charge < -0.3 is 9.32 Å². The number of Topliss-reactive ketones (excluding diaryl/α,β-unsaturated/α-hetero) is 1. The van der Waals surface area contributed by atoms with E-state index >= 15 is 0 Å². The molecule has 0 saturated carbocycles. The van der Waals surface area contributed by atoms with E-state index in [4.69, 9.17) is 4.42 Å². The van der Waals surface area contributed by atoms with Gasteiger partial charge in [-0.15, -0.1) is 0 Å². The van der Waals surface area contributed by atoms with Crippen LogP contribution in [0.25, 0.3) is 0 Å². The number of furan rings is 1. The lowest BCUT2D eigenvalue weighted by atomic mass is 10.0. The number of rotatable bonds is 5. The van der Waals surface area contributed by atoms with Crippen molar-refractivity contribution in [3.8, 4) is 0 Å². The normalized spacial score (nSPS) is 23.5. The molecule has 2 aliphatic heterocycles. The van der Waals surface area contributed by atoms with Gasteiger partial charge in [0.05, 0.1) is 12.8 Å². The van der Waals surface area contributed by atoms with Crippen LogP contribution in [0.2, 0.25) is 0 Å². The molecule has 2 atom stereocenters. The third kappa shape index (κ3) is 4.10. The van der Waals surface area contributed by atoms with E-state index in [0.29, 0.717) is 38.5 Å². The van der Waals surface area contributed by atoms with Crippen molar-refractivity contribution in [3.63, 3.8) is 0 Å². The Labute approximate surface area is 158 Å². The number of nitrogens with zero attached hydrogens (tertiary/aromatic N) is 2. The van der Waals surface area contributed by atoms with Crippen molar-refractivity contribution >= 4 is 11.7 Å². The predicted octanol–water partition coefficient (Wildman–Crippen LogP) is 1.21. The largest absolute Gasteiger partial charge is 0.461 e. The molecule has 2 aromatic rings. The number of benzene rings is 1. The Bertz CT molecular complexity index is 770. The summed E-state index contributed by atoms with van der Waals surface area (Å²) in [7, 11) is 0. The zero-order chi connectivity index (χ0) is 18.6. The van der Waals surface area contributed by atoms with Crippen molar-refractivity contribution in [2.45, 2.75) is 18.5 Å². The molecular formula is C20H24N4O3. The molecule has 2 saturated heterocycles. The topological polar surface area (TPSA) is 77.8 Å². The molecule has 27 heavy (non-hydrogen) atoms. The van der Waals surface area contributed by atoms with Crippen LogP contribution < -0.4 is 10.9 Å². The second kappa shape index (κ2) is 8.04. The van der Waals surface area contributed by atoms with E-state index in [2.05, 4.69) is 27.9 Å². The van der Waals surface area contributed by atoms with Gasteiger partial charge in [0.25, 0.3) is 0 Å². The van der Waals surface area contributed by atoms with Crippen molar-refractivity contribution < 1.29 is 14.0 Å². The van der Waals surface area contributed by atoms with Gasteiger partial charge in [0.2, 0.25) is 11.7 Å². The van der Waals surface area contributed by atoms with E-state index in [1.54, 1.807) is 12.1 Å². The molecule has 4 rings (SSSR count). The van der Waals surface area contributed by atoms with Crippen LogP contribution in [0, 0.1) is 0 Å². The van der Waals surface area contributed by atoms with Gasteiger partial charge in [0.1, 0.15) is 6.04 Å². The Morgan fingerprint density at radius 2 is 1.78 bits per heavy atom. The van der Waals surface area contributed by atoms with E-state index in [1.165, 1.54) is 11.8 Å². The van der Waals surface area contributed by atoms with Crippen molar-refractivity contribution in [3.05, 3.63) is 60.1 Å². The van der Waals surface area contributed by atoms with Gasteiger partial charge in [0.15, 0.2) is 5.76 Å². The van der Waals surface area contributed by atoms with Crippen LogP contribution in [0.4, 0.5) is 0 Å². The molecule has 1 aromatic carbocycles. The lowest BCUT2D eigenvalue weighted by Crippen LogP contribution is -2.54. The summed E-state index contributed by atoms with van der Waals surface area (Å²) < 4.78 is 5.15. The summed E-state index contributed by atoms with van der Waals surface area (Å²) in [5, 5.41) is 0. The molecule has 2 aliphatic rings. The van der Waals surface area contributed by atoms with Crippen LogP contribution in [0.3, 0.4) is 0 Å². The summed E-state index contributed by atoms with van der Waals surface area (Å²) in [5.41, 5.74) is 7.56. The Morgan fingerprint density at radius 3 is 2.48 bits per heavy atom. The van der Waals surface area contributed by atoms with E-state index in [0.717, 1.165) is 6.42 Å². The number of carbonyl (C=O) groups is 2. The van der Waals surface area contributed by atoms with Gasteiger partial charge >= 0.3 is 0 Å². The third-order valence-corrected chi connectivity index (χ3v) is 5.25. The highest BCUT2D eigenvalue weighted by Crippen LogP contribution is 2.23. The molecule has 2 fully saturated rings. The van der Waals surface area contributed by atoms with Crippen LogP contribution in [-0.2, 0) is 4.79 Å². The first kappa shape index (κ1) is 17.9. The monoisotopic (exact) mass is 368 g/mol. The Balaban J connectivity index is 1.26. The maximum atomic E-state index is 12.8. The van der Waals surface area contributed by atoms with E-state index < -0.39 is 0 Å². The Hall–Kier alpha value is -2.48. The average molecular weight is 368 g/mol. The number of ketones is 1. The fraction of sp³-hybridized carbons (Fsp3) is 0.400. The fourth-order valence-electron chi connectivity index (χ4n) is 3.69. The standard InChI is InChI=1S/C20H24N4O3/c25-18(19-7-4-12-27-19)14-23-8-10-24(11-9-23)20(26)17-13-16(21-22-17)15-5-2-1-3-6-15/h1-7,12,16-17,21-22H,8-11,13-14H2. The summed E-state index contributed by atoms with van der Waals surface area (Å²) in [6.45, 7) is 2.99. The number of piperazine rings is 1. The highest BCUT2D eigenvalue weighted by molar-refractivity contribution is 5.95. The van der Waals surface area contributed by atoms with E-state index in [9.17, 15) is 9.59 Å². The quantitative estimate of drug-likeness (QED) is 0.773. The molecule has 0 radical (unpaired) electrons. The fourth-order valence-corrected chi connectivity index (χ4v) is 3.69.